The fourth-order valence-electron chi connectivity index (χ4n) is 0.429. The lowest BCUT2D eigenvalue weighted by atomic mass is 10.4. The van der Waals surface area contributed by atoms with Crippen molar-refractivity contribution < 1.29 is 13.2 Å². The molecule has 0 amide bonds. The van der Waals surface area contributed by atoms with Crippen molar-refractivity contribution in [2.75, 3.05) is 0 Å². The van der Waals surface area contributed by atoms with Crippen LogP contribution in [0.3, 0.4) is 0 Å². The van der Waals surface area contributed by atoms with Crippen molar-refractivity contribution >= 4 is 26.0 Å². The van der Waals surface area contributed by atoms with Gasteiger partial charge in [0.2, 0.25) is 0 Å². The van der Waals surface area contributed by atoms with Crippen LogP contribution in [0.25, 0.3) is 0 Å². The third-order valence-corrected chi connectivity index (χ3v) is 1.31. The van der Waals surface area contributed by atoms with Crippen LogP contribution in [0.5, 0.6) is 0 Å². The van der Waals surface area contributed by atoms with Gasteiger partial charge in [-0.25, -0.2) is 4.79 Å². The molecule has 0 unspecified atom stereocenters. The Morgan fingerprint density at radius 1 is 1.00 bits per heavy atom. The number of rotatable bonds is 1. The molecule has 0 aliphatic heterocycles. The molecule has 0 bridgehead atoms. The maximum Gasteiger partial charge on any atom is 0.350 e. The highest BCUT2D eigenvalue weighted by Crippen LogP contribution is 1.93. The molecule has 4 nitrogen and oxygen atoms in total. The quantitative estimate of drug-likeness (QED) is 0.408. The lowest BCUT2D eigenvalue weighted by Crippen LogP contribution is -1.76. The molecule has 0 saturated carbocycles. The fourth-order valence-corrected chi connectivity index (χ4v) is 0.603. The first-order valence-corrected chi connectivity index (χ1v) is 5.36. The van der Waals surface area contributed by atoms with Gasteiger partial charge in [-0.3, -0.25) is 0 Å². The van der Waals surface area contributed by atoms with Gasteiger partial charge in [-0.15, -0.1) is 0 Å². The Bertz CT molecular complexity index is 343. The Labute approximate surface area is 80.4 Å². The summed E-state index contributed by atoms with van der Waals surface area (Å²) in [7, 11) is 0.376. The van der Waals surface area contributed by atoms with Crippen LogP contribution >= 0.6 is 10.7 Å². The molecule has 0 aromatic heterocycles. The van der Waals surface area contributed by atoms with E-state index >= 15 is 0 Å². The van der Waals surface area contributed by atoms with E-state index in [0.29, 0.717) is 0 Å². The molecule has 0 radical (unpaired) electrons. The van der Waals surface area contributed by atoms with E-state index in [9.17, 15) is 8.42 Å². The molecule has 0 spiro atoms. The standard InChI is InChI=1S/C6H6.CClNO3S/c1-2-4-6-5-3-1;2-7(5,6)3-1-4/h1-6H;. The van der Waals surface area contributed by atoms with Crippen LogP contribution in [0, 0.1) is 0 Å². The molecule has 13 heavy (non-hydrogen) atoms. The summed E-state index contributed by atoms with van der Waals surface area (Å²) in [4.78, 5) is 9.07. The average molecular weight is 220 g/mol. The van der Waals surface area contributed by atoms with Crippen LogP contribution in [0.2, 0.25) is 0 Å². The first-order valence-electron chi connectivity index (χ1n) is 3.10. The van der Waals surface area contributed by atoms with E-state index in [1.807, 2.05) is 36.4 Å². The topological polar surface area (TPSA) is 63.6 Å². The van der Waals surface area contributed by atoms with Crippen molar-refractivity contribution in [3.05, 3.63) is 36.4 Å². The van der Waals surface area contributed by atoms with Gasteiger partial charge >= 0.3 is 9.24 Å². The SMILES string of the molecule is O=C=NS(=O)(=O)Cl.c1ccccc1. The summed E-state index contributed by atoms with van der Waals surface area (Å²) >= 11 is 0. The lowest BCUT2D eigenvalue weighted by molar-refractivity contribution is 0.564. The predicted octanol–water partition coefficient (Wildman–Crippen LogP) is 1.49. The summed E-state index contributed by atoms with van der Waals surface area (Å²) in [6.07, 6.45) is 0.763. The van der Waals surface area contributed by atoms with Crippen molar-refractivity contribution in [2.45, 2.75) is 0 Å². The van der Waals surface area contributed by atoms with Crippen molar-refractivity contribution in [1.29, 1.82) is 0 Å². The van der Waals surface area contributed by atoms with Crippen molar-refractivity contribution in [1.82, 2.24) is 0 Å². The Balaban J connectivity index is 0.000000223. The van der Waals surface area contributed by atoms with Crippen LogP contribution in [0.15, 0.2) is 40.8 Å². The minimum atomic E-state index is -4.00. The van der Waals surface area contributed by atoms with Crippen LogP contribution in [0.4, 0.5) is 0 Å². The molecule has 1 rings (SSSR count). The van der Waals surface area contributed by atoms with E-state index in [1.165, 1.54) is 0 Å². The molecule has 70 valence electrons. The number of nitrogens with zero attached hydrogens (tertiary/aromatic N) is 1. The van der Waals surface area contributed by atoms with Gasteiger partial charge in [0.15, 0.2) is 0 Å². The van der Waals surface area contributed by atoms with Gasteiger partial charge in [-0.05, 0) is 0 Å². The predicted molar refractivity (Wildman–Crippen MR) is 49.3 cm³/mol. The number of hydrogen-bond acceptors (Lipinski definition) is 3. The molecule has 0 aliphatic rings. The van der Waals surface area contributed by atoms with Gasteiger partial charge in [0.1, 0.15) is 0 Å². The first-order chi connectivity index (χ1) is 6.06. The zero-order valence-corrected chi connectivity index (χ0v) is 7.99. The summed E-state index contributed by atoms with van der Waals surface area (Å²) in [6.45, 7) is 0. The highest BCUT2D eigenvalue weighted by molar-refractivity contribution is 8.12. The van der Waals surface area contributed by atoms with Crippen LogP contribution in [0.1, 0.15) is 0 Å². The largest absolute Gasteiger partial charge is 0.350 e. The smallest absolute Gasteiger partial charge is 0.210 e. The summed E-state index contributed by atoms with van der Waals surface area (Å²) in [5.74, 6) is 0. The average Bonchev–Trinajstić information content (AvgIpc) is 2.06. The highest BCUT2D eigenvalue weighted by atomic mass is 35.7. The molecular weight excluding hydrogens is 214 g/mol. The third kappa shape index (κ3) is 10.8. The monoisotopic (exact) mass is 219 g/mol. The zero-order valence-electron chi connectivity index (χ0n) is 6.42. The molecule has 1 aromatic rings. The normalized spacial score (nSPS) is 9.00. The minimum Gasteiger partial charge on any atom is -0.210 e. The molecular formula is C7H6ClNO3S. The second kappa shape index (κ2) is 6.37. The van der Waals surface area contributed by atoms with E-state index in [-0.39, 0.29) is 0 Å². The number of benzene rings is 1. The third-order valence-electron chi connectivity index (χ3n) is 0.813. The van der Waals surface area contributed by atoms with E-state index < -0.39 is 9.24 Å². The van der Waals surface area contributed by atoms with E-state index in [1.54, 1.807) is 0 Å². The van der Waals surface area contributed by atoms with E-state index in [2.05, 4.69) is 15.1 Å². The number of halogens is 1. The molecule has 1 aromatic carbocycles. The molecule has 0 aliphatic carbocycles. The van der Waals surface area contributed by atoms with Gasteiger partial charge < -0.3 is 0 Å². The summed E-state index contributed by atoms with van der Waals surface area (Å²) in [5.41, 5.74) is 0. The van der Waals surface area contributed by atoms with Gasteiger partial charge in [0.05, 0.1) is 0 Å². The Morgan fingerprint density at radius 2 is 1.31 bits per heavy atom. The van der Waals surface area contributed by atoms with E-state index in [4.69, 9.17) is 4.79 Å². The summed E-state index contributed by atoms with van der Waals surface area (Å²) < 4.78 is 21.3. The lowest BCUT2D eigenvalue weighted by Gasteiger charge is -1.69. The Morgan fingerprint density at radius 3 is 1.38 bits per heavy atom. The molecule has 0 saturated heterocycles. The van der Waals surface area contributed by atoms with Gasteiger partial charge in [0, 0.05) is 10.7 Å². The summed E-state index contributed by atoms with van der Waals surface area (Å²) in [5, 5.41) is 0. The highest BCUT2D eigenvalue weighted by Gasteiger charge is 1.95. The molecule has 0 N–H and O–H groups in total. The van der Waals surface area contributed by atoms with Crippen molar-refractivity contribution in [3.63, 3.8) is 0 Å². The maximum atomic E-state index is 9.57. The Hall–Kier alpha value is -1.16. The summed E-state index contributed by atoms with van der Waals surface area (Å²) in [6, 6.07) is 12.0. The molecule has 0 fully saturated rings. The van der Waals surface area contributed by atoms with Gasteiger partial charge in [-0.1, -0.05) is 40.8 Å². The van der Waals surface area contributed by atoms with Crippen molar-refractivity contribution in [2.24, 2.45) is 4.40 Å². The van der Waals surface area contributed by atoms with Crippen LogP contribution in [-0.2, 0) is 14.0 Å². The number of carbonyl (C=O) groups excluding carboxylic acids is 1. The second-order valence-electron chi connectivity index (χ2n) is 1.75. The zero-order chi connectivity index (χ0) is 10.2. The van der Waals surface area contributed by atoms with E-state index in [0.717, 1.165) is 6.08 Å². The molecule has 0 heterocycles. The Kier molecular flexibility index (Phi) is 5.80. The maximum absolute atomic E-state index is 9.57. The fraction of sp³-hybridized carbons (Fsp3) is 0. The second-order valence-corrected chi connectivity index (χ2v) is 3.93. The molecule has 6 heteroatoms. The minimum absolute atomic E-state index is 0.763. The van der Waals surface area contributed by atoms with Gasteiger partial charge in [-0.2, -0.15) is 8.42 Å². The first kappa shape index (κ1) is 11.8. The number of hydrogen-bond donors (Lipinski definition) is 0. The van der Waals surface area contributed by atoms with Crippen LogP contribution in [-0.4, -0.2) is 14.5 Å². The van der Waals surface area contributed by atoms with Gasteiger partial charge in [0.25, 0.3) is 6.08 Å². The van der Waals surface area contributed by atoms with Crippen molar-refractivity contribution in [3.8, 4) is 0 Å². The number of isocyanates is 1. The molecule has 0 atom stereocenters. The van der Waals surface area contributed by atoms with Crippen LogP contribution < -0.4 is 0 Å².